The summed E-state index contributed by atoms with van der Waals surface area (Å²) in [4.78, 5) is 20.6. The molecule has 126 valence electrons. The monoisotopic (exact) mass is 325 g/mol. The van der Waals surface area contributed by atoms with E-state index in [0.717, 1.165) is 43.3 Å². The van der Waals surface area contributed by atoms with Crippen LogP contribution in [0.1, 0.15) is 20.8 Å². The molecule has 0 aromatic carbocycles. The van der Waals surface area contributed by atoms with Gasteiger partial charge in [-0.15, -0.1) is 10.2 Å². The second-order valence-electron chi connectivity index (χ2n) is 7.05. The van der Waals surface area contributed by atoms with Crippen LogP contribution in [0, 0.1) is 5.41 Å². The molecule has 1 fully saturated rings. The average molecular weight is 325 g/mol. The van der Waals surface area contributed by atoms with Crippen molar-refractivity contribution < 1.29 is 4.79 Å². The number of piperazine rings is 1. The number of carbonyl (C=O) groups is 1. The summed E-state index contributed by atoms with van der Waals surface area (Å²) in [5.41, 5.74) is 1.44. The summed E-state index contributed by atoms with van der Waals surface area (Å²) in [7, 11) is 0. The van der Waals surface area contributed by atoms with E-state index in [-0.39, 0.29) is 11.3 Å². The number of anilines is 1. The molecule has 6 heteroatoms. The number of carbonyl (C=O) groups excluding carboxylic acids is 1. The molecule has 0 atom stereocenters. The van der Waals surface area contributed by atoms with Crippen molar-refractivity contribution in [3.05, 3.63) is 36.7 Å². The first-order chi connectivity index (χ1) is 11.4. The zero-order chi connectivity index (χ0) is 17.2. The van der Waals surface area contributed by atoms with Gasteiger partial charge in [0.15, 0.2) is 5.82 Å². The minimum Gasteiger partial charge on any atom is -0.352 e. The lowest BCUT2D eigenvalue weighted by Crippen LogP contribution is -2.51. The van der Waals surface area contributed by atoms with Crippen molar-refractivity contribution in [2.24, 2.45) is 5.41 Å². The number of nitrogens with zero attached hydrogens (tertiary/aromatic N) is 5. The third-order valence-electron chi connectivity index (χ3n) is 4.14. The van der Waals surface area contributed by atoms with E-state index in [1.165, 1.54) is 0 Å². The Bertz CT molecular complexity index is 686. The molecule has 2 aromatic heterocycles. The highest BCUT2D eigenvalue weighted by atomic mass is 16.2. The molecule has 1 aliphatic rings. The highest BCUT2D eigenvalue weighted by molar-refractivity contribution is 5.81. The first-order valence-corrected chi connectivity index (χ1v) is 8.23. The van der Waals surface area contributed by atoms with Crippen molar-refractivity contribution in [3.63, 3.8) is 0 Å². The summed E-state index contributed by atoms with van der Waals surface area (Å²) in [6.07, 6.45) is 3.52. The molecule has 1 amide bonds. The Kier molecular flexibility index (Phi) is 4.46. The maximum Gasteiger partial charge on any atom is 0.228 e. The van der Waals surface area contributed by atoms with Gasteiger partial charge in [-0.1, -0.05) is 20.8 Å². The number of hydrogen-bond acceptors (Lipinski definition) is 5. The van der Waals surface area contributed by atoms with Gasteiger partial charge in [0.05, 0.1) is 5.69 Å². The van der Waals surface area contributed by atoms with Crippen LogP contribution in [0.15, 0.2) is 36.7 Å². The van der Waals surface area contributed by atoms with Crippen LogP contribution in [0.4, 0.5) is 5.82 Å². The summed E-state index contributed by atoms with van der Waals surface area (Å²) in [6.45, 7) is 8.90. The van der Waals surface area contributed by atoms with Gasteiger partial charge in [-0.2, -0.15) is 0 Å². The molecule has 0 bridgehead atoms. The molecule has 6 nitrogen and oxygen atoms in total. The van der Waals surface area contributed by atoms with E-state index in [1.807, 2.05) is 49.9 Å². The van der Waals surface area contributed by atoms with Gasteiger partial charge in [0, 0.05) is 49.6 Å². The van der Waals surface area contributed by atoms with Crippen LogP contribution in [0.3, 0.4) is 0 Å². The van der Waals surface area contributed by atoms with Crippen molar-refractivity contribution in [3.8, 4) is 11.3 Å². The number of rotatable bonds is 2. The second kappa shape index (κ2) is 6.55. The first kappa shape index (κ1) is 16.4. The number of hydrogen-bond donors (Lipinski definition) is 0. The van der Waals surface area contributed by atoms with Crippen molar-refractivity contribution in [2.75, 3.05) is 31.1 Å². The van der Waals surface area contributed by atoms with Gasteiger partial charge in [0.2, 0.25) is 5.91 Å². The van der Waals surface area contributed by atoms with Crippen LogP contribution in [-0.2, 0) is 4.79 Å². The molecule has 3 heterocycles. The van der Waals surface area contributed by atoms with Crippen molar-refractivity contribution in [2.45, 2.75) is 20.8 Å². The van der Waals surface area contributed by atoms with Crippen LogP contribution < -0.4 is 4.90 Å². The van der Waals surface area contributed by atoms with Crippen molar-refractivity contribution >= 4 is 11.7 Å². The topological polar surface area (TPSA) is 62.2 Å². The highest BCUT2D eigenvalue weighted by Crippen LogP contribution is 2.21. The lowest BCUT2D eigenvalue weighted by molar-refractivity contribution is -0.139. The standard InChI is InChI=1S/C18H23N5O/c1-18(2,3)17(24)23-11-9-22(10-12-23)16-7-6-15(20-21-16)14-5-4-8-19-13-14/h4-8,13H,9-12H2,1-3H3. The van der Waals surface area contributed by atoms with Crippen LogP contribution in [0.5, 0.6) is 0 Å². The van der Waals surface area contributed by atoms with E-state index in [4.69, 9.17) is 0 Å². The average Bonchev–Trinajstić information content (AvgIpc) is 2.61. The SMILES string of the molecule is CC(C)(C)C(=O)N1CCN(c2ccc(-c3cccnc3)nn2)CC1. The molecule has 0 aliphatic carbocycles. The normalized spacial score (nSPS) is 15.5. The van der Waals surface area contributed by atoms with E-state index in [1.54, 1.807) is 12.4 Å². The van der Waals surface area contributed by atoms with Gasteiger partial charge in [-0.3, -0.25) is 9.78 Å². The summed E-state index contributed by atoms with van der Waals surface area (Å²) in [5.74, 6) is 1.06. The van der Waals surface area contributed by atoms with E-state index >= 15 is 0 Å². The van der Waals surface area contributed by atoms with Crippen LogP contribution in [0.2, 0.25) is 0 Å². The molecule has 1 aliphatic heterocycles. The molecule has 0 spiro atoms. The van der Waals surface area contributed by atoms with E-state index in [9.17, 15) is 4.79 Å². The van der Waals surface area contributed by atoms with E-state index in [0.29, 0.717) is 0 Å². The predicted octanol–water partition coefficient (Wildman–Crippen LogP) is 2.23. The van der Waals surface area contributed by atoms with Crippen LogP contribution >= 0.6 is 0 Å². The summed E-state index contributed by atoms with van der Waals surface area (Å²) >= 11 is 0. The summed E-state index contributed by atoms with van der Waals surface area (Å²) in [5, 5.41) is 8.65. The summed E-state index contributed by atoms with van der Waals surface area (Å²) in [6, 6.07) is 7.80. The molecule has 0 saturated carbocycles. The van der Waals surface area contributed by atoms with E-state index in [2.05, 4.69) is 20.1 Å². The molecular formula is C18H23N5O. The molecule has 2 aromatic rings. The Balaban J connectivity index is 1.64. The van der Waals surface area contributed by atoms with Gasteiger partial charge in [-0.05, 0) is 24.3 Å². The summed E-state index contributed by atoms with van der Waals surface area (Å²) < 4.78 is 0. The van der Waals surface area contributed by atoms with Crippen molar-refractivity contribution in [1.82, 2.24) is 20.1 Å². The number of pyridine rings is 1. The Morgan fingerprint density at radius 3 is 2.33 bits per heavy atom. The fourth-order valence-corrected chi connectivity index (χ4v) is 2.78. The van der Waals surface area contributed by atoms with Gasteiger partial charge in [-0.25, -0.2) is 0 Å². The van der Waals surface area contributed by atoms with Gasteiger partial charge < -0.3 is 9.80 Å². The maximum atomic E-state index is 12.3. The Morgan fingerprint density at radius 2 is 1.79 bits per heavy atom. The zero-order valence-corrected chi connectivity index (χ0v) is 14.4. The van der Waals surface area contributed by atoms with Crippen LogP contribution in [-0.4, -0.2) is 52.2 Å². The number of amides is 1. The molecule has 1 saturated heterocycles. The first-order valence-electron chi connectivity index (χ1n) is 8.23. The fourth-order valence-electron chi connectivity index (χ4n) is 2.78. The molecular weight excluding hydrogens is 302 g/mol. The maximum absolute atomic E-state index is 12.3. The molecule has 0 radical (unpaired) electrons. The smallest absolute Gasteiger partial charge is 0.228 e. The lowest BCUT2D eigenvalue weighted by Gasteiger charge is -2.38. The minimum absolute atomic E-state index is 0.208. The third kappa shape index (κ3) is 3.53. The van der Waals surface area contributed by atoms with Gasteiger partial charge in [0.1, 0.15) is 0 Å². The number of aromatic nitrogens is 3. The second-order valence-corrected chi connectivity index (χ2v) is 7.05. The minimum atomic E-state index is -0.326. The Labute approximate surface area is 142 Å². The lowest BCUT2D eigenvalue weighted by atomic mass is 9.94. The molecule has 3 rings (SSSR count). The highest BCUT2D eigenvalue weighted by Gasteiger charge is 2.29. The van der Waals surface area contributed by atoms with Gasteiger partial charge >= 0.3 is 0 Å². The fraction of sp³-hybridized carbons (Fsp3) is 0.444. The third-order valence-corrected chi connectivity index (χ3v) is 4.14. The Hall–Kier alpha value is -2.50. The molecule has 0 unspecified atom stereocenters. The predicted molar refractivity (Wildman–Crippen MR) is 93.5 cm³/mol. The largest absolute Gasteiger partial charge is 0.352 e. The quantitative estimate of drug-likeness (QED) is 0.847. The molecule has 24 heavy (non-hydrogen) atoms. The zero-order valence-electron chi connectivity index (χ0n) is 14.4. The Morgan fingerprint density at radius 1 is 1.04 bits per heavy atom. The van der Waals surface area contributed by atoms with E-state index < -0.39 is 0 Å². The van der Waals surface area contributed by atoms with Crippen LogP contribution in [0.25, 0.3) is 11.3 Å². The van der Waals surface area contributed by atoms with Gasteiger partial charge in [0.25, 0.3) is 0 Å². The molecule has 0 N–H and O–H groups in total. The van der Waals surface area contributed by atoms with Crippen molar-refractivity contribution in [1.29, 1.82) is 0 Å².